The van der Waals surface area contributed by atoms with Crippen LogP contribution in [0.15, 0.2) is 12.1 Å². The molecule has 1 saturated heterocycles. The third-order valence-corrected chi connectivity index (χ3v) is 4.18. The zero-order chi connectivity index (χ0) is 16.6. The first-order chi connectivity index (χ1) is 10.8. The summed E-state index contributed by atoms with van der Waals surface area (Å²) in [5, 5.41) is 21.8. The van der Waals surface area contributed by atoms with Crippen molar-refractivity contribution in [3.05, 3.63) is 23.7 Å². The van der Waals surface area contributed by atoms with Gasteiger partial charge in [-0.25, -0.2) is 0 Å². The van der Waals surface area contributed by atoms with E-state index < -0.39 is 12.3 Å². The van der Waals surface area contributed by atoms with E-state index in [-0.39, 0.29) is 12.5 Å². The van der Waals surface area contributed by atoms with Gasteiger partial charge in [-0.2, -0.15) is 22.8 Å². The Labute approximate surface area is 130 Å². The smallest absolute Gasteiger partial charge is 0.382 e. The van der Waals surface area contributed by atoms with E-state index in [9.17, 15) is 13.2 Å². The van der Waals surface area contributed by atoms with Crippen molar-refractivity contribution in [2.24, 2.45) is 0 Å². The van der Waals surface area contributed by atoms with Crippen molar-refractivity contribution in [2.75, 3.05) is 19.6 Å². The molecule has 0 bridgehead atoms. The van der Waals surface area contributed by atoms with Crippen molar-refractivity contribution in [3.63, 3.8) is 0 Å². The van der Waals surface area contributed by atoms with Crippen molar-refractivity contribution in [3.8, 4) is 0 Å². The lowest BCUT2D eigenvalue weighted by Gasteiger charge is -2.32. The summed E-state index contributed by atoms with van der Waals surface area (Å²) >= 11 is 0. The molecule has 1 N–H and O–H groups in total. The van der Waals surface area contributed by atoms with Crippen LogP contribution >= 0.6 is 0 Å². The Kier molecular flexibility index (Phi) is 4.24. The fourth-order valence-corrected chi connectivity index (χ4v) is 2.87. The number of β-amino-alcohol motifs (C(OH)–C–C–N with tert-alkyl or cyclic N) is 1. The molecule has 126 valence electrons. The van der Waals surface area contributed by atoms with E-state index >= 15 is 0 Å². The van der Waals surface area contributed by atoms with Gasteiger partial charge in [0.25, 0.3) is 0 Å². The lowest BCUT2D eigenvalue weighted by Crippen LogP contribution is -2.44. The minimum absolute atomic E-state index is 0.110. The van der Waals surface area contributed by atoms with Crippen LogP contribution in [0.3, 0.4) is 0 Å². The molecule has 23 heavy (non-hydrogen) atoms. The van der Waals surface area contributed by atoms with E-state index in [1.807, 2.05) is 19.1 Å². The highest BCUT2D eigenvalue weighted by molar-refractivity contribution is 5.36. The molecule has 0 aromatic carbocycles. The van der Waals surface area contributed by atoms with E-state index in [0.29, 0.717) is 31.6 Å². The zero-order valence-electron chi connectivity index (χ0n) is 12.7. The number of aromatic nitrogens is 4. The van der Waals surface area contributed by atoms with Crippen molar-refractivity contribution in [1.29, 1.82) is 0 Å². The van der Waals surface area contributed by atoms with Crippen molar-refractivity contribution >= 4 is 5.65 Å². The van der Waals surface area contributed by atoms with Crippen molar-refractivity contribution in [1.82, 2.24) is 24.7 Å². The summed E-state index contributed by atoms with van der Waals surface area (Å²) in [5.41, 5.74) is 1.52. The van der Waals surface area contributed by atoms with Gasteiger partial charge in [0.15, 0.2) is 17.6 Å². The van der Waals surface area contributed by atoms with Gasteiger partial charge in [-0.1, -0.05) is 0 Å². The summed E-state index contributed by atoms with van der Waals surface area (Å²) in [6, 6.07) is 3.70. The molecule has 3 heterocycles. The van der Waals surface area contributed by atoms with Crippen LogP contribution in [0.1, 0.15) is 30.3 Å². The number of aliphatic hydroxyl groups is 1. The number of alkyl halides is 3. The minimum Gasteiger partial charge on any atom is -0.382 e. The molecule has 2 aromatic heterocycles. The molecule has 2 aromatic rings. The monoisotopic (exact) mass is 329 g/mol. The van der Waals surface area contributed by atoms with E-state index in [0.717, 1.165) is 11.5 Å². The maximum absolute atomic E-state index is 12.4. The molecule has 1 atom stereocenters. The van der Waals surface area contributed by atoms with Crippen molar-refractivity contribution < 1.29 is 18.3 Å². The number of rotatable bonds is 3. The second kappa shape index (κ2) is 6.04. The van der Waals surface area contributed by atoms with Gasteiger partial charge in [-0.15, -0.1) is 10.2 Å². The summed E-state index contributed by atoms with van der Waals surface area (Å²) in [5.74, 6) is 0.860. The number of hydrogen-bond donors (Lipinski definition) is 1. The molecule has 1 unspecified atom stereocenters. The summed E-state index contributed by atoms with van der Waals surface area (Å²) < 4.78 is 38.9. The number of nitrogens with zero attached hydrogens (tertiary/aromatic N) is 5. The van der Waals surface area contributed by atoms with Gasteiger partial charge >= 0.3 is 6.18 Å². The summed E-state index contributed by atoms with van der Waals surface area (Å²) in [6.45, 7) is 2.47. The van der Waals surface area contributed by atoms with Gasteiger partial charge < -0.3 is 10.0 Å². The molecular formula is C14H18F3N5O. The molecule has 0 amide bonds. The minimum atomic E-state index is -4.57. The van der Waals surface area contributed by atoms with Crippen LogP contribution in [0.4, 0.5) is 13.2 Å². The molecule has 0 spiro atoms. The van der Waals surface area contributed by atoms with Crippen LogP contribution in [0.2, 0.25) is 0 Å². The second-order valence-corrected chi connectivity index (χ2v) is 5.94. The summed E-state index contributed by atoms with van der Waals surface area (Å²) in [6.07, 6.45) is -5.53. The highest BCUT2D eigenvalue weighted by Gasteiger charge is 2.39. The molecule has 0 saturated carbocycles. The fourth-order valence-electron chi connectivity index (χ4n) is 2.87. The number of piperidine rings is 1. The highest BCUT2D eigenvalue weighted by atomic mass is 19.4. The standard InChI is InChI=1S/C14H18F3N5O/c1-9-2-3-12-18-19-13(22(12)20-9)10-4-6-21(7-5-10)8-11(23)14(15,16)17/h2-3,10-11,23H,4-8H2,1H3. The average Bonchev–Trinajstić information content (AvgIpc) is 2.90. The predicted octanol–water partition coefficient (Wildman–Crippen LogP) is 1.54. The molecule has 0 radical (unpaired) electrons. The lowest BCUT2D eigenvalue weighted by molar-refractivity contribution is -0.208. The highest BCUT2D eigenvalue weighted by Crippen LogP contribution is 2.28. The largest absolute Gasteiger partial charge is 0.415 e. The van der Waals surface area contributed by atoms with Gasteiger partial charge in [-0.3, -0.25) is 0 Å². The van der Waals surface area contributed by atoms with Gasteiger partial charge in [0, 0.05) is 12.5 Å². The number of hydrogen-bond acceptors (Lipinski definition) is 5. The van der Waals surface area contributed by atoms with Gasteiger partial charge in [0.1, 0.15) is 0 Å². The quantitative estimate of drug-likeness (QED) is 0.925. The summed E-state index contributed by atoms with van der Waals surface area (Å²) in [4.78, 5) is 1.64. The maximum Gasteiger partial charge on any atom is 0.415 e. The molecule has 0 aliphatic carbocycles. The van der Waals surface area contributed by atoms with Crippen LogP contribution in [0.25, 0.3) is 5.65 Å². The van der Waals surface area contributed by atoms with E-state index in [1.165, 1.54) is 0 Å². The van der Waals surface area contributed by atoms with Crippen molar-refractivity contribution in [2.45, 2.75) is 38.0 Å². The van der Waals surface area contributed by atoms with Crippen LogP contribution in [-0.2, 0) is 0 Å². The van der Waals surface area contributed by atoms with Crippen LogP contribution in [-0.4, -0.2) is 61.7 Å². The molecule has 1 fully saturated rings. The molecule has 6 nitrogen and oxygen atoms in total. The van der Waals surface area contributed by atoms with E-state index in [1.54, 1.807) is 9.42 Å². The number of aryl methyl sites for hydroxylation is 1. The predicted molar refractivity (Wildman–Crippen MR) is 76.0 cm³/mol. The third-order valence-electron chi connectivity index (χ3n) is 4.18. The van der Waals surface area contributed by atoms with Gasteiger partial charge in [0.05, 0.1) is 5.69 Å². The van der Waals surface area contributed by atoms with E-state index in [2.05, 4.69) is 15.3 Å². The lowest BCUT2D eigenvalue weighted by atomic mass is 9.96. The maximum atomic E-state index is 12.4. The number of fused-ring (bicyclic) bond motifs is 1. The number of aliphatic hydroxyl groups excluding tert-OH is 1. The Morgan fingerprint density at radius 2 is 1.96 bits per heavy atom. The number of likely N-dealkylation sites (tertiary alicyclic amines) is 1. The fraction of sp³-hybridized carbons (Fsp3) is 0.643. The first-order valence-corrected chi connectivity index (χ1v) is 7.50. The first kappa shape index (κ1) is 16.1. The Hall–Kier alpha value is -1.74. The first-order valence-electron chi connectivity index (χ1n) is 7.50. The second-order valence-electron chi connectivity index (χ2n) is 5.94. The Morgan fingerprint density at radius 1 is 1.26 bits per heavy atom. The van der Waals surface area contributed by atoms with E-state index in [4.69, 9.17) is 5.11 Å². The van der Waals surface area contributed by atoms with Crippen LogP contribution in [0, 0.1) is 6.92 Å². The van der Waals surface area contributed by atoms with Crippen LogP contribution < -0.4 is 0 Å². The van der Waals surface area contributed by atoms with Gasteiger partial charge in [-0.05, 0) is 45.0 Å². The molecular weight excluding hydrogens is 311 g/mol. The third kappa shape index (κ3) is 3.45. The molecule has 1 aliphatic rings. The average molecular weight is 329 g/mol. The molecule has 9 heteroatoms. The Bertz CT molecular complexity index is 679. The summed E-state index contributed by atoms with van der Waals surface area (Å²) in [7, 11) is 0. The van der Waals surface area contributed by atoms with Gasteiger partial charge in [0.2, 0.25) is 0 Å². The molecule has 3 rings (SSSR count). The topological polar surface area (TPSA) is 66.5 Å². The zero-order valence-corrected chi connectivity index (χ0v) is 12.7. The SMILES string of the molecule is Cc1ccc2nnc(C3CCN(CC(O)C(F)(F)F)CC3)n2n1. The normalized spacial score (nSPS) is 19.3. The Morgan fingerprint density at radius 3 is 2.61 bits per heavy atom. The number of halogens is 3. The molecule has 1 aliphatic heterocycles. The Balaban J connectivity index is 1.65. The van der Waals surface area contributed by atoms with Crippen LogP contribution in [0.5, 0.6) is 0 Å².